The number of nitriles is 1. The highest BCUT2D eigenvalue weighted by atomic mass is 32.1. The van der Waals surface area contributed by atoms with E-state index in [1.807, 2.05) is 30.3 Å². The molecular formula is C22H16FN5O2S. The number of benzene rings is 2. The Kier molecular flexibility index (Phi) is 5.56. The minimum absolute atomic E-state index is 0.0884. The minimum atomic E-state index is -1.12. The molecule has 0 bridgehead atoms. The second-order valence-corrected chi connectivity index (χ2v) is 7.49. The summed E-state index contributed by atoms with van der Waals surface area (Å²) < 4.78 is 19.8. The van der Waals surface area contributed by atoms with Crippen molar-refractivity contribution in [1.29, 1.82) is 5.26 Å². The van der Waals surface area contributed by atoms with Crippen LogP contribution in [0, 0.1) is 24.1 Å². The molecule has 0 aliphatic rings. The molecule has 4 aromatic rings. The lowest BCUT2D eigenvalue weighted by Gasteiger charge is -2.03. The van der Waals surface area contributed by atoms with Gasteiger partial charge < -0.3 is 4.74 Å². The summed E-state index contributed by atoms with van der Waals surface area (Å²) in [6.07, 6.45) is 0. The standard InChI is InChI=1S/C22H16FN5O2S/c1-13-25-21(27-28(13)16-7-5-15(23)6-8-16)20(29)18(11-24)22-26-19(12-31-22)14-3-9-17(30-2)10-4-14/h3-10,12,18H,1-2H3. The van der Waals surface area contributed by atoms with Gasteiger partial charge in [-0.05, 0) is 55.5 Å². The number of ether oxygens (including phenoxy) is 1. The van der Waals surface area contributed by atoms with Crippen LogP contribution in [0.5, 0.6) is 5.75 Å². The monoisotopic (exact) mass is 433 g/mol. The van der Waals surface area contributed by atoms with Crippen molar-refractivity contribution < 1.29 is 13.9 Å². The summed E-state index contributed by atoms with van der Waals surface area (Å²) in [6.45, 7) is 1.68. The Balaban J connectivity index is 1.61. The van der Waals surface area contributed by atoms with Crippen LogP contribution in [0.15, 0.2) is 53.9 Å². The zero-order valence-corrected chi connectivity index (χ0v) is 17.4. The number of halogens is 1. The number of hydrogen-bond acceptors (Lipinski definition) is 7. The fourth-order valence-electron chi connectivity index (χ4n) is 2.99. The van der Waals surface area contributed by atoms with Gasteiger partial charge in [-0.15, -0.1) is 16.4 Å². The maximum atomic E-state index is 13.2. The smallest absolute Gasteiger partial charge is 0.225 e. The average molecular weight is 433 g/mol. The number of nitrogens with zero attached hydrogens (tertiary/aromatic N) is 5. The Hall–Kier alpha value is -3.90. The molecule has 2 aromatic heterocycles. The summed E-state index contributed by atoms with van der Waals surface area (Å²) in [5.74, 6) is -0.955. The summed E-state index contributed by atoms with van der Waals surface area (Å²) in [5.41, 5.74) is 2.08. The molecule has 0 saturated carbocycles. The predicted octanol–water partition coefficient (Wildman–Crippen LogP) is 4.34. The van der Waals surface area contributed by atoms with Gasteiger partial charge in [-0.3, -0.25) is 4.79 Å². The Morgan fingerprint density at radius 2 is 1.87 bits per heavy atom. The molecule has 0 aliphatic heterocycles. The van der Waals surface area contributed by atoms with E-state index in [2.05, 4.69) is 15.1 Å². The number of carbonyl (C=O) groups is 1. The SMILES string of the molecule is COc1ccc(-c2csc(C(C#N)C(=O)c3nc(C)n(-c4ccc(F)cc4)n3)n2)cc1. The first-order valence-electron chi connectivity index (χ1n) is 9.23. The van der Waals surface area contributed by atoms with Crippen LogP contribution in [0.1, 0.15) is 27.4 Å². The number of rotatable bonds is 6. The van der Waals surface area contributed by atoms with Crippen LogP contribution in [0.25, 0.3) is 16.9 Å². The largest absolute Gasteiger partial charge is 0.497 e. The summed E-state index contributed by atoms with van der Waals surface area (Å²) >= 11 is 1.23. The summed E-state index contributed by atoms with van der Waals surface area (Å²) in [6, 6.07) is 15.0. The Labute approximate surface area is 181 Å². The number of Topliss-reactive ketones (excluding diaryl/α,β-unsaturated/α-hetero) is 1. The molecule has 0 radical (unpaired) electrons. The van der Waals surface area contributed by atoms with Crippen molar-refractivity contribution in [1.82, 2.24) is 19.7 Å². The molecule has 1 unspecified atom stereocenters. The van der Waals surface area contributed by atoms with Gasteiger partial charge in [-0.2, -0.15) is 5.26 Å². The van der Waals surface area contributed by atoms with Crippen molar-refractivity contribution in [2.24, 2.45) is 0 Å². The molecule has 31 heavy (non-hydrogen) atoms. The molecule has 4 rings (SSSR count). The van der Waals surface area contributed by atoms with Gasteiger partial charge in [0.15, 0.2) is 5.92 Å². The van der Waals surface area contributed by atoms with E-state index in [9.17, 15) is 14.4 Å². The maximum absolute atomic E-state index is 13.2. The zero-order valence-electron chi connectivity index (χ0n) is 16.6. The average Bonchev–Trinajstić information content (AvgIpc) is 3.42. The highest BCUT2D eigenvalue weighted by Gasteiger charge is 2.29. The van der Waals surface area contributed by atoms with Crippen molar-refractivity contribution >= 4 is 17.1 Å². The lowest BCUT2D eigenvalue weighted by Crippen LogP contribution is -2.13. The predicted molar refractivity (Wildman–Crippen MR) is 113 cm³/mol. The third kappa shape index (κ3) is 4.06. The van der Waals surface area contributed by atoms with Crippen molar-refractivity contribution in [3.05, 3.63) is 76.4 Å². The highest BCUT2D eigenvalue weighted by molar-refractivity contribution is 7.10. The molecule has 7 nitrogen and oxygen atoms in total. The molecule has 154 valence electrons. The lowest BCUT2D eigenvalue weighted by molar-refractivity contribution is 0.0968. The van der Waals surface area contributed by atoms with Crippen LogP contribution in [-0.4, -0.2) is 32.6 Å². The molecule has 0 N–H and O–H groups in total. The van der Waals surface area contributed by atoms with Gasteiger partial charge in [0, 0.05) is 10.9 Å². The molecule has 2 heterocycles. The van der Waals surface area contributed by atoms with E-state index < -0.39 is 11.7 Å². The third-order valence-electron chi connectivity index (χ3n) is 4.61. The number of methoxy groups -OCH3 is 1. The van der Waals surface area contributed by atoms with E-state index in [0.717, 1.165) is 11.3 Å². The number of aromatic nitrogens is 4. The maximum Gasteiger partial charge on any atom is 0.225 e. The Morgan fingerprint density at radius 3 is 2.52 bits per heavy atom. The first-order chi connectivity index (χ1) is 15.0. The fraction of sp³-hybridized carbons (Fsp3) is 0.136. The molecule has 1 atom stereocenters. The number of thiazole rings is 1. The number of ketones is 1. The Bertz CT molecular complexity index is 1270. The van der Waals surface area contributed by atoms with E-state index in [-0.39, 0.29) is 11.6 Å². The van der Waals surface area contributed by atoms with Crippen LogP contribution in [0.4, 0.5) is 4.39 Å². The van der Waals surface area contributed by atoms with Crippen LogP contribution < -0.4 is 4.74 Å². The molecule has 9 heteroatoms. The minimum Gasteiger partial charge on any atom is -0.497 e. The van der Waals surface area contributed by atoms with Gasteiger partial charge in [0.1, 0.15) is 22.4 Å². The van der Waals surface area contributed by atoms with Crippen molar-refractivity contribution in [3.63, 3.8) is 0 Å². The third-order valence-corrected chi connectivity index (χ3v) is 5.52. The topological polar surface area (TPSA) is 93.7 Å². The van der Waals surface area contributed by atoms with Crippen molar-refractivity contribution in [2.45, 2.75) is 12.8 Å². The second kappa shape index (κ2) is 8.45. The quantitative estimate of drug-likeness (QED) is 0.420. The molecule has 0 amide bonds. The lowest BCUT2D eigenvalue weighted by atomic mass is 10.1. The number of hydrogen-bond donors (Lipinski definition) is 0. The van der Waals surface area contributed by atoms with Gasteiger partial charge >= 0.3 is 0 Å². The van der Waals surface area contributed by atoms with Gasteiger partial charge in [-0.1, -0.05) is 0 Å². The molecular weight excluding hydrogens is 417 g/mol. The molecule has 0 spiro atoms. The van der Waals surface area contributed by atoms with Crippen LogP contribution >= 0.6 is 11.3 Å². The van der Waals surface area contributed by atoms with Crippen LogP contribution in [-0.2, 0) is 0 Å². The van der Waals surface area contributed by atoms with E-state index >= 15 is 0 Å². The van der Waals surface area contributed by atoms with E-state index in [0.29, 0.717) is 22.2 Å². The van der Waals surface area contributed by atoms with Crippen molar-refractivity contribution in [2.75, 3.05) is 7.11 Å². The summed E-state index contributed by atoms with van der Waals surface area (Å²) in [7, 11) is 1.59. The van der Waals surface area contributed by atoms with Gasteiger partial charge in [0.05, 0.1) is 24.6 Å². The van der Waals surface area contributed by atoms with Gasteiger partial charge in [-0.25, -0.2) is 19.0 Å². The number of carbonyl (C=O) groups excluding carboxylic acids is 1. The summed E-state index contributed by atoms with van der Waals surface area (Å²) in [4.78, 5) is 21.7. The summed E-state index contributed by atoms with van der Waals surface area (Å²) in [5, 5.41) is 16.1. The molecule has 0 saturated heterocycles. The van der Waals surface area contributed by atoms with Crippen LogP contribution in [0.2, 0.25) is 0 Å². The second-order valence-electron chi connectivity index (χ2n) is 6.60. The normalized spacial score (nSPS) is 11.7. The van der Waals surface area contributed by atoms with E-state index in [4.69, 9.17) is 4.74 Å². The first-order valence-corrected chi connectivity index (χ1v) is 10.1. The molecule has 0 fully saturated rings. The highest BCUT2D eigenvalue weighted by Crippen LogP contribution is 2.29. The molecule has 2 aromatic carbocycles. The zero-order chi connectivity index (χ0) is 22.0. The number of aryl methyl sites for hydroxylation is 1. The first kappa shape index (κ1) is 20.4. The van der Waals surface area contributed by atoms with E-state index in [1.165, 1.54) is 40.3 Å². The molecule has 0 aliphatic carbocycles. The van der Waals surface area contributed by atoms with Crippen molar-refractivity contribution in [3.8, 4) is 28.8 Å². The van der Waals surface area contributed by atoms with E-state index in [1.54, 1.807) is 19.4 Å². The Morgan fingerprint density at radius 1 is 1.16 bits per heavy atom. The van der Waals surface area contributed by atoms with Gasteiger partial charge in [0.2, 0.25) is 11.6 Å². The van der Waals surface area contributed by atoms with Crippen LogP contribution in [0.3, 0.4) is 0 Å². The fourth-order valence-corrected chi connectivity index (χ4v) is 3.86. The van der Waals surface area contributed by atoms with Gasteiger partial charge in [0.25, 0.3) is 0 Å².